The second-order valence-corrected chi connectivity index (χ2v) is 5.36. The molecule has 0 fully saturated rings. The summed E-state index contributed by atoms with van der Waals surface area (Å²) < 4.78 is 1.45. The Balaban J connectivity index is 0.000000701. The average Bonchev–Trinajstić information content (AvgIpc) is 3.15. The van der Waals surface area contributed by atoms with E-state index < -0.39 is 5.91 Å². The standard InChI is InChI=1S/C13H10Cl2N6O.CH2O2/c1-21-6-9(15)10(20-21)12(22)17-13-16-11(18-19-13)7-4-2-3-5-8(7)14;2-1-3/h2-6H,1H3,(H2,16,17,18,19,22);1H,(H,2,3). The molecule has 2 aromatic heterocycles. The monoisotopic (exact) mass is 382 g/mol. The summed E-state index contributed by atoms with van der Waals surface area (Å²) in [5.41, 5.74) is 0.793. The molecule has 1 aromatic carbocycles. The lowest BCUT2D eigenvalue weighted by atomic mass is 10.2. The Morgan fingerprint density at radius 3 is 2.60 bits per heavy atom. The van der Waals surface area contributed by atoms with E-state index in [9.17, 15) is 4.79 Å². The van der Waals surface area contributed by atoms with Crippen LogP contribution in [-0.2, 0) is 11.8 Å². The lowest BCUT2D eigenvalue weighted by molar-refractivity contribution is -0.122. The number of amides is 1. The maximum Gasteiger partial charge on any atom is 0.290 e. The largest absolute Gasteiger partial charge is 0.483 e. The van der Waals surface area contributed by atoms with Gasteiger partial charge < -0.3 is 5.11 Å². The topological polar surface area (TPSA) is 126 Å². The molecule has 130 valence electrons. The minimum atomic E-state index is -0.490. The van der Waals surface area contributed by atoms with Gasteiger partial charge in [0.1, 0.15) is 0 Å². The maximum absolute atomic E-state index is 12.1. The minimum Gasteiger partial charge on any atom is -0.483 e. The third-order valence-corrected chi connectivity index (χ3v) is 3.45. The van der Waals surface area contributed by atoms with Crippen molar-refractivity contribution >= 4 is 41.5 Å². The van der Waals surface area contributed by atoms with Crippen molar-refractivity contribution in [2.75, 3.05) is 5.32 Å². The fraction of sp³-hybridized carbons (Fsp3) is 0.0714. The normalized spacial score (nSPS) is 9.88. The molecular formula is C14H12Cl2N6O3. The van der Waals surface area contributed by atoms with Gasteiger partial charge in [0.05, 0.1) is 10.0 Å². The van der Waals surface area contributed by atoms with Crippen LogP contribution in [0.1, 0.15) is 10.5 Å². The molecule has 0 aliphatic carbocycles. The van der Waals surface area contributed by atoms with Gasteiger partial charge in [-0.2, -0.15) is 10.1 Å². The molecule has 25 heavy (non-hydrogen) atoms. The van der Waals surface area contributed by atoms with Gasteiger partial charge in [0.25, 0.3) is 12.4 Å². The first-order chi connectivity index (χ1) is 12.0. The van der Waals surface area contributed by atoms with E-state index in [2.05, 4.69) is 25.6 Å². The van der Waals surface area contributed by atoms with Gasteiger partial charge >= 0.3 is 0 Å². The molecule has 0 spiro atoms. The molecule has 11 heteroatoms. The van der Waals surface area contributed by atoms with Crippen molar-refractivity contribution in [2.24, 2.45) is 7.05 Å². The zero-order valence-corrected chi connectivity index (χ0v) is 14.3. The van der Waals surface area contributed by atoms with Gasteiger partial charge in [-0.1, -0.05) is 35.3 Å². The van der Waals surface area contributed by atoms with E-state index in [0.29, 0.717) is 16.4 Å². The van der Waals surface area contributed by atoms with Crippen LogP contribution in [0.25, 0.3) is 11.4 Å². The van der Waals surface area contributed by atoms with E-state index >= 15 is 0 Å². The number of anilines is 1. The quantitative estimate of drug-likeness (QED) is 0.597. The predicted octanol–water partition coefficient (Wildman–Crippen LogP) is 2.47. The summed E-state index contributed by atoms with van der Waals surface area (Å²) >= 11 is 12.0. The number of benzene rings is 1. The molecule has 2 heterocycles. The number of rotatable bonds is 3. The van der Waals surface area contributed by atoms with E-state index in [1.54, 1.807) is 19.2 Å². The van der Waals surface area contributed by atoms with Crippen LogP contribution in [0, 0.1) is 0 Å². The van der Waals surface area contributed by atoms with E-state index in [0.717, 1.165) is 0 Å². The number of halogens is 2. The third kappa shape index (κ3) is 4.55. The van der Waals surface area contributed by atoms with Crippen molar-refractivity contribution in [3.05, 3.63) is 46.2 Å². The van der Waals surface area contributed by atoms with Crippen LogP contribution in [0.2, 0.25) is 10.0 Å². The van der Waals surface area contributed by atoms with Crippen molar-refractivity contribution in [1.82, 2.24) is 25.0 Å². The molecule has 9 nitrogen and oxygen atoms in total. The Bertz CT molecular complexity index is 892. The number of hydrogen-bond acceptors (Lipinski definition) is 5. The fourth-order valence-electron chi connectivity index (χ4n) is 1.87. The zero-order chi connectivity index (χ0) is 18.4. The van der Waals surface area contributed by atoms with Gasteiger partial charge in [-0.15, -0.1) is 5.10 Å². The summed E-state index contributed by atoms with van der Waals surface area (Å²) in [7, 11) is 1.67. The molecule has 1 amide bonds. The van der Waals surface area contributed by atoms with E-state index in [1.165, 1.54) is 10.9 Å². The summed E-state index contributed by atoms with van der Waals surface area (Å²) in [5, 5.41) is 20.8. The minimum absolute atomic E-state index is 0.105. The first kappa shape index (κ1) is 18.4. The van der Waals surface area contributed by atoms with Crippen LogP contribution >= 0.6 is 23.2 Å². The van der Waals surface area contributed by atoms with Crippen LogP contribution in [0.15, 0.2) is 30.5 Å². The molecule has 0 atom stereocenters. The van der Waals surface area contributed by atoms with Crippen LogP contribution in [0.5, 0.6) is 0 Å². The molecule has 0 unspecified atom stereocenters. The van der Waals surface area contributed by atoms with Crippen LogP contribution < -0.4 is 5.32 Å². The smallest absolute Gasteiger partial charge is 0.290 e. The Morgan fingerprint density at radius 2 is 2.00 bits per heavy atom. The first-order valence-electron chi connectivity index (χ1n) is 6.72. The SMILES string of the molecule is Cn1cc(Cl)c(C(=O)Nc2n[nH]c(-c3ccccc3Cl)n2)n1.O=CO. The highest BCUT2D eigenvalue weighted by Crippen LogP contribution is 2.25. The van der Waals surface area contributed by atoms with Crippen LogP contribution in [-0.4, -0.2) is 42.4 Å². The highest BCUT2D eigenvalue weighted by Gasteiger charge is 2.17. The van der Waals surface area contributed by atoms with Gasteiger partial charge in [0.15, 0.2) is 11.5 Å². The molecule has 3 aromatic rings. The Morgan fingerprint density at radius 1 is 1.32 bits per heavy atom. The first-order valence-corrected chi connectivity index (χ1v) is 7.47. The fourth-order valence-corrected chi connectivity index (χ4v) is 2.36. The highest BCUT2D eigenvalue weighted by atomic mass is 35.5. The highest BCUT2D eigenvalue weighted by molar-refractivity contribution is 6.34. The predicted molar refractivity (Wildman–Crippen MR) is 91.7 cm³/mol. The second-order valence-electron chi connectivity index (χ2n) is 4.55. The molecule has 0 saturated heterocycles. The summed E-state index contributed by atoms with van der Waals surface area (Å²) in [4.78, 5) is 24.6. The van der Waals surface area contributed by atoms with Gasteiger partial charge in [-0.3, -0.25) is 24.7 Å². The van der Waals surface area contributed by atoms with Crippen molar-refractivity contribution in [1.29, 1.82) is 0 Å². The summed E-state index contributed by atoms with van der Waals surface area (Å²) in [6.07, 6.45) is 1.53. The van der Waals surface area contributed by atoms with E-state index in [1.807, 2.05) is 12.1 Å². The summed E-state index contributed by atoms with van der Waals surface area (Å²) in [6, 6.07) is 7.18. The molecule has 0 saturated carbocycles. The zero-order valence-electron chi connectivity index (χ0n) is 12.8. The second kappa shape index (κ2) is 8.27. The number of aromatic nitrogens is 5. The lowest BCUT2D eigenvalue weighted by Gasteiger charge is -1.98. The van der Waals surface area contributed by atoms with Gasteiger partial charge in [0, 0.05) is 18.8 Å². The van der Waals surface area contributed by atoms with Gasteiger partial charge in [-0.05, 0) is 12.1 Å². The molecule has 0 aliphatic rings. The van der Waals surface area contributed by atoms with E-state index in [-0.39, 0.29) is 23.1 Å². The van der Waals surface area contributed by atoms with Crippen molar-refractivity contribution in [3.63, 3.8) is 0 Å². The van der Waals surface area contributed by atoms with Gasteiger partial charge in [0.2, 0.25) is 5.95 Å². The summed E-state index contributed by atoms with van der Waals surface area (Å²) in [6.45, 7) is -0.250. The summed E-state index contributed by atoms with van der Waals surface area (Å²) in [5.74, 6) is 0.0740. The maximum atomic E-state index is 12.1. The molecule has 0 radical (unpaired) electrons. The lowest BCUT2D eigenvalue weighted by Crippen LogP contribution is -2.14. The number of nitrogens with one attached hydrogen (secondary N) is 2. The number of aryl methyl sites for hydroxylation is 1. The van der Waals surface area contributed by atoms with Crippen LogP contribution in [0.3, 0.4) is 0 Å². The van der Waals surface area contributed by atoms with Crippen molar-refractivity contribution in [3.8, 4) is 11.4 Å². The molecule has 0 aliphatic heterocycles. The van der Waals surface area contributed by atoms with Crippen LogP contribution in [0.4, 0.5) is 5.95 Å². The average molecular weight is 383 g/mol. The number of hydrogen-bond donors (Lipinski definition) is 3. The van der Waals surface area contributed by atoms with Crippen molar-refractivity contribution < 1.29 is 14.7 Å². The number of carbonyl (C=O) groups is 2. The molecule has 3 N–H and O–H groups in total. The Labute approximate surface area is 151 Å². The number of H-pyrrole nitrogens is 1. The number of aromatic amines is 1. The molecule has 3 rings (SSSR count). The number of nitrogens with zero attached hydrogens (tertiary/aromatic N) is 4. The van der Waals surface area contributed by atoms with E-state index in [4.69, 9.17) is 33.1 Å². The number of carbonyl (C=O) groups excluding carboxylic acids is 1. The van der Waals surface area contributed by atoms with Gasteiger partial charge in [-0.25, -0.2) is 0 Å². The Kier molecular flexibility index (Phi) is 6.09. The molecular weight excluding hydrogens is 371 g/mol. The third-order valence-electron chi connectivity index (χ3n) is 2.84. The number of carboxylic acid groups (broad SMARTS) is 1. The Hall–Kier alpha value is -2.91. The van der Waals surface area contributed by atoms with Crippen molar-refractivity contribution in [2.45, 2.75) is 0 Å². The molecule has 0 bridgehead atoms.